The van der Waals surface area contributed by atoms with Crippen LogP contribution in [0.25, 0.3) is 0 Å². The molecule has 0 N–H and O–H groups in total. The molecule has 1 aromatic rings. The fraction of sp³-hybridized carbons (Fsp3) is 0.467. The lowest BCUT2D eigenvalue weighted by Crippen LogP contribution is -2.48. The highest BCUT2D eigenvalue weighted by molar-refractivity contribution is 5.97. The Morgan fingerprint density at radius 3 is 2.45 bits per heavy atom. The Morgan fingerprint density at radius 2 is 1.90 bits per heavy atom. The number of ether oxygens (including phenoxy) is 2. The standard InChI is InChI=1S/C15H21N2O3/c1-4-16-8-10-17(11-9-16)15(18)12-6-5-7-13(19-2)14(12)20-3/h5-7H,1,4,8-11H2,2-3H3. The van der Waals surface area contributed by atoms with E-state index in [0.29, 0.717) is 30.2 Å². The van der Waals surface area contributed by atoms with E-state index in [0.717, 1.165) is 19.6 Å². The van der Waals surface area contributed by atoms with Gasteiger partial charge in [-0.1, -0.05) is 6.07 Å². The molecule has 0 aromatic heterocycles. The van der Waals surface area contributed by atoms with E-state index < -0.39 is 0 Å². The Hall–Kier alpha value is -1.75. The molecule has 0 atom stereocenters. The molecule has 109 valence electrons. The van der Waals surface area contributed by atoms with Gasteiger partial charge in [0, 0.05) is 26.2 Å². The molecule has 1 saturated heterocycles. The maximum absolute atomic E-state index is 12.6. The van der Waals surface area contributed by atoms with Crippen LogP contribution in [-0.4, -0.2) is 62.7 Å². The predicted molar refractivity (Wildman–Crippen MR) is 77.2 cm³/mol. The Labute approximate surface area is 120 Å². The van der Waals surface area contributed by atoms with Gasteiger partial charge in [-0.05, 0) is 25.6 Å². The van der Waals surface area contributed by atoms with Crippen molar-refractivity contribution in [2.24, 2.45) is 0 Å². The normalized spacial score (nSPS) is 16.1. The van der Waals surface area contributed by atoms with Crippen LogP contribution in [0.1, 0.15) is 10.4 Å². The van der Waals surface area contributed by atoms with E-state index in [9.17, 15) is 4.79 Å². The molecule has 0 unspecified atom stereocenters. The van der Waals surface area contributed by atoms with E-state index >= 15 is 0 Å². The van der Waals surface area contributed by atoms with Gasteiger partial charge >= 0.3 is 0 Å². The number of hydrogen-bond acceptors (Lipinski definition) is 4. The third kappa shape index (κ3) is 2.88. The lowest BCUT2D eigenvalue weighted by Gasteiger charge is -2.34. The highest BCUT2D eigenvalue weighted by Gasteiger charge is 2.24. The lowest BCUT2D eigenvalue weighted by atomic mass is 10.1. The third-order valence-electron chi connectivity index (χ3n) is 3.61. The van der Waals surface area contributed by atoms with Crippen molar-refractivity contribution in [1.29, 1.82) is 0 Å². The van der Waals surface area contributed by atoms with Crippen molar-refractivity contribution in [2.75, 3.05) is 46.9 Å². The van der Waals surface area contributed by atoms with Crippen LogP contribution >= 0.6 is 0 Å². The minimum atomic E-state index is -0.00976. The summed E-state index contributed by atoms with van der Waals surface area (Å²) in [6.45, 7) is 7.81. The molecule has 1 heterocycles. The highest BCUT2D eigenvalue weighted by atomic mass is 16.5. The van der Waals surface area contributed by atoms with Gasteiger partial charge in [-0.15, -0.1) is 0 Å². The largest absolute Gasteiger partial charge is 0.493 e. The van der Waals surface area contributed by atoms with Gasteiger partial charge in [0.15, 0.2) is 11.5 Å². The first-order chi connectivity index (χ1) is 9.71. The van der Waals surface area contributed by atoms with Crippen molar-refractivity contribution >= 4 is 5.91 Å². The van der Waals surface area contributed by atoms with E-state index in [1.165, 1.54) is 0 Å². The number of para-hydroxylation sites is 1. The van der Waals surface area contributed by atoms with E-state index in [-0.39, 0.29) is 5.91 Å². The number of methoxy groups -OCH3 is 2. The zero-order chi connectivity index (χ0) is 14.5. The smallest absolute Gasteiger partial charge is 0.257 e. The second-order valence-electron chi connectivity index (χ2n) is 4.67. The van der Waals surface area contributed by atoms with Gasteiger partial charge in [-0.3, -0.25) is 9.69 Å². The fourth-order valence-electron chi connectivity index (χ4n) is 2.40. The first-order valence-electron chi connectivity index (χ1n) is 6.73. The average Bonchev–Trinajstić information content (AvgIpc) is 2.53. The maximum Gasteiger partial charge on any atom is 0.257 e. The molecular formula is C15H21N2O3. The maximum atomic E-state index is 12.6. The summed E-state index contributed by atoms with van der Waals surface area (Å²) in [5, 5.41) is 0. The minimum absolute atomic E-state index is 0.00976. The van der Waals surface area contributed by atoms with E-state index in [1.54, 1.807) is 32.4 Å². The molecule has 0 aliphatic carbocycles. The van der Waals surface area contributed by atoms with E-state index in [1.807, 2.05) is 4.90 Å². The number of piperazine rings is 1. The summed E-state index contributed by atoms with van der Waals surface area (Å²) in [4.78, 5) is 16.7. The molecule has 2 rings (SSSR count). The second-order valence-corrected chi connectivity index (χ2v) is 4.67. The molecule has 0 bridgehead atoms. The Balaban J connectivity index is 2.17. The molecular weight excluding hydrogens is 256 g/mol. The summed E-state index contributed by atoms with van der Waals surface area (Å²) < 4.78 is 10.6. The molecule has 1 aromatic carbocycles. The van der Waals surface area contributed by atoms with Gasteiger partial charge in [-0.2, -0.15) is 0 Å². The zero-order valence-electron chi connectivity index (χ0n) is 12.1. The monoisotopic (exact) mass is 277 g/mol. The fourth-order valence-corrected chi connectivity index (χ4v) is 2.40. The quantitative estimate of drug-likeness (QED) is 0.832. The van der Waals surface area contributed by atoms with E-state index in [2.05, 4.69) is 11.8 Å². The van der Waals surface area contributed by atoms with Gasteiger partial charge < -0.3 is 14.4 Å². The molecule has 1 aliphatic rings. The van der Waals surface area contributed by atoms with Crippen LogP contribution in [0.3, 0.4) is 0 Å². The van der Waals surface area contributed by atoms with Crippen LogP contribution < -0.4 is 9.47 Å². The number of carbonyl (C=O) groups is 1. The molecule has 1 radical (unpaired) electrons. The van der Waals surface area contributed by atoms with Crippen molar-refractivity contribution in [1.82, 2.24) is 9.80 Å². The summed E-state index contributed by atoms with van der Waals surface area (Å²) in [7, 11) is 3.12. The Morgan fingerprint density at radius 1 is 1.20 bits per heavy atom. The molecule has 1 aliphatic heterocycles. The molecule has 5 nitrogen and oxygen atoms in total. The van der Waals surface area contributed by atoms with Crippen LogP contribution in [0, 0.1) is 6.92 Å². The van der Waals surface area contributed by atoms with Crippen molar-refractivity contribution in [3.63, 3.8) is 0 Å². The van der Waals surface area contributed by atoms with Gasteiger partial charge in [0.2, 0.25) is 0 Å². The number of benzene rings is 1. The molecule has 1 fully saturated rings. The average molecular weight is 277 g/mol. The zero-order valence-corrected chi connectivity index (χ0v) is 12.1. The van der Waals surface area contributed by atoms with Crippen molar-refractivity contribution in [3.05, 3.63) is 30.7 Å². The van der Waals surface area contributed by atoms with Gasteiger partial charge in [0.1, 0.15) is 0 Å². The highest BCUT2D eigenvalue weighted by Crippen LogP contribution is 2.31. The van der Waals surface area contributed by atoms with Crippen LogP contribution in [-0.2, 0) is 0 Å². The SMILES string of the molecule is [CH2]CN1CCN(C(=O)c2cccc(OC)c2OC)CC1. The number of rotatable bonds is 4. The van der Waals surface area contributed by atoms with Crippen LogP contribution in [0.5, 0.6) is 11.5 Å². The van der Waals surface area contributed by atoms with Gasteiger partial charge in [-0.25, -0.2) is 0 Å². The van der Waals surface area contributed by atoms with Gasteiger partial charge in [0.25, 0.3) is 5.91 Å². The number of nitrogens with zero attached hydrogens (tertiary/aromatic N) is 2. The van der Waals surface area contributed by atoms with Crippen LogP contribution in [0.2, 0.25) is 0 Å². The summed E-state index contributed by atoms with van der Waals surface area (Å²) in [5.41, 5.74) is 0.551. The topological polar surface area (TPSA) is 42.0 Å². The number of hydrogen-bond donors (Lipinski definition) is 0. The predicted octanol–water partition coefficient (Wildman–Crippen LogP) is 1.30. The second kappa shape index (κ2) is 6.61. The first kappa shape index (κ1) is 14.7. The summed E-state index contributed by atoms with van der Waals surface area (Å²) in [6.07, 6.45) is 0. The lowest BCUT2D eigenvalue weighted by molar-refractivity contribution is 0.0645. The Bertz CT molecular complexity index is 468. The van der Waals surface area contributed by atoms with Crippen molar-refractivity contribution < 1.29 is 14.3 Å². The van der Waals surface area contributed by atoms with Crippen molar-refractivity contribution in [3.8, 4) is 11.5 Å². The first-order valence-corrected chi connectivity index (χ1v) is 6.73. The van der Waals surface area contributed by atoms with Crippen LogP contribution in [0.4, 0.5) is 0 Å². The minimum Gasteiger partial charge on any atom is -0.493 e. The molecule has 5 heteroatoms. The van der Waals surface area contributed by atoms with Crippen molar-refractivity contribution in [2.45, 2.75) is 0 Å². The number of carbonyl (C=O) groups excluding carboxylic acids is 1. The summed E-state index contributed by atoms with van der Waals surface area (Å²) >= 11 is 0. The Kier molecular flexibility index (Phi) is 4.84. The molecule has 1 amide bonds. The molecule has 20 heavy (non-hydrogen) atoms. The summed E-state index contributed by atoms with van der Waals surface area (Å²) in [6, 6.07) is 5.37. The molecule has 0 saturated carbocycles. The van der Waals surface area contributed by atoms with Gasteiger partial charge in [0.05, 0.1) is 19.8 Å². The third-order valence-corrected chi connectivity index (χ3v) is 3.61. The van der Waals surface area contributed by atoms with Crippen LogP contribution in [0.15, 0.2) is 18.2 Å². The molecule has 0 spiro atoms. The number of amides is 1. The van der Waals surface area contributed by atoms with E-state index in [4.69, 9.17) is 9.47 Å². The summed E-state index contributed by atoms with van der Waals surface area (Å²) in [5.74, 6) is 1.07.